The van der Waals surface area contributed by atoms with Crippen molar-refractivity contribution < 1.29 is 8.78 Å². The Morgan fingerprint density at radius 1 is 1.21 bits per heavy atom. The number of fused-ring (bicyclic) bond motifs is 5. The number of nitrogen functional groups attached to an aromatic ring is 1. The topological polar surface area (TPSA) is 92.5 Å². The summed E-state index contributed by atoms with van der Waals surface area (Å²) in [7, 11) is 0. The van der Waals surface area contributed by atoms with Gasteiger partial charge in [-0.15, -0.1) is 12.4 Å². The molecule has 1 aromatic carbocycles. The van der Waals surface area contributed by atoms with Crippen molar-refractivity contribution in [3.05, 3.63) is 70.8 Å². The first-order chi connectivity index (χ1) is 15.9. The smallest absolute Gasteiger partial charge is 0.163 e. The average molecular weight is 483 g/mol. The first-order valence-electron chi connectivity index (χ1n) is 11.2. The fraction of sp³-hybridized carbons (Fsp3) is 0.320. The molecular weight excluding hydrogens is 458 g/mol. The lowest BCUT2D eigenvalue weighted by molar-refractivity contribution is 0.311. The van der Waals surface area contributed by atoms with Gasteiger partial charge in [0.2, 0.25) is 0 Å². The van der Waals surface area contributed by atoms with Crippen LogP contribution in [0.4, 0.5) is 14.6 Å². The molecule has 0 spiro atoms. The summed E-state index contributed by atoms with van der Waals surface area (Å²) in [5.74, 6) is 0.150. The number of H-pyrrole nitrogens is 1. The first-order valence-corrected chi connectivity index (χ1v) is 11.2. The molecule has 2 atom stereocenters. The second kappa shape index (κ2) is 8.29. The predicted octanol–water partition coefficient (Wildman–Crippen LogP) is 4.75. The van der Waals surface area contributed by atoms with E-state index in [9.17, 15) is 8.78 Å². The molecule has 0 saturated carbocycles. The molecule has 9 heteroatoms. The van der Waals surface area contributed by atoms with Gasteiger partial charge in [0.15, 0.2) is 5.82 Å². The van der Waals surface area contributed by atoms with Gasteiger partial charge in [-0.2, -0.15) is 0 Å². The number of nitrogens with two attached hydrogens (primary N) is 1. The number of para-hydroxylation sites is 1. The van der Waals surface area contributed by atoms with Crippen LogP contribution in [-0.4, -0.2) is 26.0 Å². The van der Waals surface area contributed by atoms with Crippen molar-refractivity contribution in [3.8, 4) is 11.4 Å². The van der Waals surface area contributed by atoms with Crippen molar-refractivity contribution in [2.24, 2.45) is 0 Å². The van der Waals surface area contributed by atoms with Crippen molar-refractivity contribution >= 4 is 29.1 Å². The summed E-state index contributed by atoms with van der Waals surface area (Å²) in [6, 6.07) is 6.89. The molecule has 1 saturated heterocycles. The molecule has 4 aromatic rings. The molecule has 3 aromatic heterocycles. The predicted molar refractivity (Wildman–Crippen MR) is 130 cm³/mol. The molecule has 0 aliphatic carbocycles. The number of hydrogen-bond donors (Lipinski definition) is 3. The number of anilines is 1. The molecule has 2 unspecified atom stereocenters. The number of hydrogen-bond acceptors (Lipinski definition) is 5. The summed E-state index contributed by atoms with van der Waals surface area (Å²) < 4.78 is 28.1. The van der Waals surface area contributed by atoms with E-state index in [4.69, 9.17) is 10.7 Å². The van der Waals surface area contributed by atoms with Crippen LogP contribution < -0.4 is 11.1 Å². The fourth-order valence-corrected chi connectivity index (χ4v) is 5.65. The van der Waals surface area contributed by atoms with Gasteiger partial charge in [-0.3, -0.25) is 4.98 Å². The Morgan fingerprint density at radius 3 is 2.88 bits per heavy atom. The summed E-state index contributed by atoms with van der Waals surface area (Å²) in [6.45, 7) is 1.99. The number of nitrogens with zero attached hydrogens (tertiary/aromatic N) is 3. The van der Waals surface area contributed by atoms with Gasteiger partial charge in [-0.1, -0.05) is 12.1 Å². The van der Waals surface area contributed by atoms with Crippen LogP contribution in [0.1, 0.15) is 41.8 Å². The number of aromatic nitrogens is 4. The van der Waals surface area contributed by atoms with Crippen molar-refractivity contribution in [2.75, 3.05) is 5.73 Å². The molecule has 34 heavy (non-hydrogen) atoms. The summed E-state index contributed by atoms with van der Waals surface area (Å²) in [5.41, 5.74) is 11.1. The van der Waals surface area contributed by atoms with E-state index in [0.717, 1.165) is 66.2 Å². The highest BCUT2D eigenvalue weighted by molar-refractivity contribution is 5.85. The molecule has 0 radical (unpaired) electrons. The van der Waals surface area contributed by atoms with Crippen LogP contribution in [0, 0.1) is 18.6 Å². The minimum absolute atomic E-state index is 0. The Morgan fingerprint density at radius 2 is 2.06 bits per heavy atom. The SMILES string of the molecule is Cc1[nH]c2c(F)cccc2c1CCC12CCC(Cc3c(N)nc(-c4cncc(F)c4)nc31)N2.Cl. The summed E-state index contributed by atoms with van der Waals surface area (Å²) in [6.07, 6.45) is 6.98. The van der Waals surface area contributed by atoms with Gasteiger partial charge in [0, 0.05) is 34.4 Å². The Kier molecular flexibility index (Phi) is 5.53. The zero-order valence-corrected chi connectivity index (χ0v) is 19.5. The van der Waals surface area contributed by atoms with Crippen molar-refractivity contribution in [3.63, 3.8) is 0 Å². The normalized spacial score (nSPS) is 20.9. The second-order valence-electron chi connectivity index (χ2n) is 9.21. The molecule has 4 N–H and O–H groups in total. The van der Waals surface area contributed by atoms with Gasteiger partial charge in [-0.05, 0) is 56.7 Å². The van der Waals surface area contributed by atoms with E-state index in [2.05, 4.69) is 20.3 Å². The monoisotopic (exact) mass is 482 g/mol. The molecule has 6 rings (SSSR count). The lowest BCUT2D eigenvalue weighted by Gasteiger charge is -2.36. The van der Waals surface area contributed by atoms with Crippen LogP contribution >= 0.6 is 12.4 Å². The second-order valence-corrected chi connectivity index (χ2v) is 9.21. The lowest BCUT2D eigenvalue weighted by atomic mass is 9.82. The van der Waals surface area contributed by atoms with Crippen LogP contribution in [0.25, 0.3) is 22.3 Å². The van der Waals surface area contributed by atoms with Crippen LogP contribution in [0.15, 0.2) is 36.7 Å². The quantitative estimate of drug-likeness (QED) is 0.390. The fourth-order valence-electron chi connectivity index (χ4n) is 5.65. The first kappa shape index (κ1) is 22.7. The van der Waals surface area contributed by atoms with Crippen molar-refractivity contribution in [2.45, 2.75) is 50.6 Å². The van der Waals surface area contributed by atoms with Gasteiger partial charge in [0.25, 0.3) is 0 Å². The number of nitrogens with one attached hydrogen (secondary N) is 2. The minimum Gasteiger partial charge on any atom is -0.383 e. The maximum Gasteiger partial charge on any atom is 0.163 e. The summed E-state index contributed by atoms with van der Waals surface area (Å²) >= 11 is 0. The van der Waals surface area contributed by atoms with Gasteiger partial charge < -0.3 is 16.0 Å². The summed E-state index contributed by atoms with van der Waals surface area (Å²) in [4.78, 5) is 16.5. The van der Waals surface area contributed by atoms with Gasteiger partial charge in [0.1, 0.15) is 17.5 Å². The number of pyridine rings is 1. The zero-order valence-electron chi connectivity index (χ0n) is 18.7. The third kappa shape index (κ3) is 3.52. The van der Waals surface area contributed by atoms with Crippen LogP contribution in [0.5, 0.6) is 0 Å². The number of benzene rings is 1. The Balaban J connectivity index is 0.00000241. The zero-order chi connectivity index (χ0) is 22.7. The highest BCUT2D eigenvalue weighted by Crippen LogP contribution is 2.45. The Labute approximate surface area is 201 Å². The molecule has 5 heterocycles. The molecule has 2 aliphatic rings. The van der Waals surface area contributed by atoms with E-state index in [0.29, 0.717) is 28.8 Å². The maximum atomic E-state index is 14.3. The van der Waals surface area contributed by atoms with Crippen LogP contribution in [0.2, 0.25) is 0 Å². The maximum absolute atomic E-state index is 14.3. The summed E-state index contributed by atoms with van der Waals surface area (Å²) in [5, 5.41) is 4.72. The minimum atomic E-state index is -0.441. The standard InChI is InChI=1S/C25H24F2N6.ClH/c1-13-17(18-3-2-4-20(27)21(18)30-13)6-8-25-7-5-16(33-25)10-19-22(25)31-24(32-23(19)28)14-9-15(26)12-29-11-14;/h2-4,9,11-12,16,30,33H,5-8,10H2,1H3,(H2,28,31,32);1H. The molecule has 2 bridgehead atoms. The van der Waals surface area contributed by atoms with Crippen LogP contribution in [-0.2, 0) is 18.4 Å². The Bertz CT molecular complexity index is 1400. The highest BCUT2D eigenvalue weighted by atomic mass is 35.5. The van der Waals surface area contributed by atoms with Gasteiger partial charge in [-0.25, -0.2) is 18.7 Å². The lowest BCUT2D eigenvalue weighted by Crippen LogP contribution is -2.47. The number of halogens is 3. The van der Waals surface area contributed by atoms with E-state index in [1.807, 2.05) is 13.0 Å². The van der Waals surface area contributed by atoms with Crippen LogP contribution in [0.3, 0.4) is 0 Å². The number of aromatic amines is 1. The van der Waals surface area contributed by atoms with Crippen molar-refractivity contribution in [1.82, 2.24) is 25.3 Å². The number of aryl methyl sites for hydroxylation is 2. The van der Waals surface area contributed by atoms with E-state index in [1.165, 1.54) is 12.1 Å². The van der Waals surface area contributed by atoms with E-state index < -0.39 is 5.82 Å². The molecular formula is C25H25ClF2N6. The third-order valence-corrected chi connectivity index (χ3v) is 7.21. The molecule has 0 amide bonds. The molecule has 1 fully saturated rings. The van der Waals surface area contributed by atoms with Gasteiger partial charge >= 0.3 is 0 Å². The third-order valence-electron chi connectivity index (χ3n) is 7.21. The largest absolute Gasteiger partial charge is 0.383 e. The van der Waals surface area contributed by atoms with Gasteiger partial charge in [0.05, 0.1) is 22.9 Å². The molecule has 6 nitrogen and oxygen atoms in total. The van der Waals surface area contributed by atoms with E-state index >= 15 is 0 Å². The van der Waals surface area contributed by atoms with Crippen molar-refractivity contribution in [1.29, 1.82) is 0 Å². The average Bonchev–Trinajstić information content (AvgIpc) is 3.31. The number of rotatable bonds is 4. The van der Waals surface area contributed by atoms with E-state index in [-0.39, 0.29) is 23.8 Å². The van der Waals surface area contributed by atoms with E-state index in [1.54, 1.807) is 12.3 Å². The molecule has 176 valence electrons. The molecule has 2 aliphatic heterocycles. The Hall–Kier alpha value is -3.10. The highest BCUT2D eigenvalue weighted by Gasteiger charge is 2.47.